The molecule has 0 radical (unpaired) electrons. The van der Waals surface area contributed by atoms with Gasteiger partial charge in [-0.2, -0.15) is 0 Å². The first-order valence-electron chi connectivity index (χ1n) is 11.3. The second kappa shape index (κ2) is 10.8. The summed E-state index contributed by atoms with van der Waals surface area (Å²) >= 11 is 7.61. The van der Waals surface area contributed by atoms with Crippen LogP contribution < -0.4 is 5.32 Å². The van der Waals surface area contributed by atoms with Gasteiger partial charge in [0.25, 0.3) is 5.92 Å². The minimum Gasteiger partial charge on any atom is -0.481 e. The van der Waals surface area contributed by atoms with Crippen molar-refractivity contribution in [2.45, 2.75) is 37.8 Å². The van der Waals surface area contributed by atoms with E-state index in [-0.39, 0.29) is 35.1 Å². The van der Waals surface area contributed by atoms with Gasteiger partial charge in [0.05, 0.1) is 19.2 Å². The molecule has 1 fully saturated rings. The van der Waals surface area contributed by atoms with Crippen molar-refractivity contribution >= 4 is 40.7 Å². The molecule has 198 valence electrons. The van der Waals surface area contributed by atoms with Crippen molar-refractivity contribution in [1.82, 2.24) is 15.2 Å². The highest BCUT2D eigenvalue weighted by molar-refractivity contribution is 7.11. The number of aliphatic imine (C=N–C) groups is 1. The Bertz CT molecular complexity index is 1250. The first kappa shape index (κ1) is 27.1. The van der Waals surface area contributed by atoms with Crippen LogP contribution in [0.2, 0.25) is 5.02 Å². The smallest absolute Gasteiger partial charge is 0.338 e. The Balaban J connectivity index is 1.80. The number of benzene rings is 1. The fraction of sp³-hybridized carbons (Fsp3) is 0.417. The molecule has 13 heteroatoms. The van der Waals surface area contributed by atoms with Crippen LogP contribution in [0.4, 0.5) is 13.2 Å². The van der Waals surface area contributed by atoms with Crippen LogP contribution in [-0.2, 0) is 14.3 Å². The molecule has 1 saturated heterocycles. The predicted octanol–water partition coefficient (Wildman–Crippen LogP) is 4.27. The molecule has 1 unspecified atom stereocenters. The molecule has 2 N–H and O–H groups in total. The zero-order valence-electron chi connectivity index (χ0n) is 19.9. The number of carboxylic acid groups (broad SMARTS) is 1. The summed E-state index contributed by atoms with van der Waals surface area (Å²) < 4.78 is 47.9. The maximum Gasteiger partial charge on any atom is 0.338 e. The minimum atomic E-state index is -3.04. The van der Waals surface area contributed by atoms with Gasteiger partial charge in [-0.05, 0) is 18.1 Å². The number of thiazole rings is 1. The van der Waals surface area contributed by atoms with Crippen molar-refractivity contribution in [3.05, 3.63) is 62.5 Å². The number of halogens is 4. The van der Waals surface area contributed by atoms with Gasteiger partial charge in [-0.25, -0.2) is 22.9 Å². The van der Waals surface area contributed by atoms with Gasteiger partial charge in [-0.1, -0.05) is 24.6 Å². The van der Waals surface area contributed by atoms with E-state index in [9.17, 15) is 27.9 Å². The topological polar surface area (TPSA) is 104 Å². The van der Waals surface area contributed by atoms with E-state index in [2.05, 4.69) is 15.3 Å². The van der Waals surface area contributed by atoms with E-state index < -0.39 is 54.6 Å². The maximum absolute atomic E-state index is 14.5. The number of aliphatic carboxylic acids is 1. The summed E-state index contributed by atoms with van der Waals surface area (Å²) in [6.45, 7) is 0.849. The Morgan fingerprint density at radius 3 is 2.78 bits per heavy atom. The largest absolute Gasteiger partial charge is 0.481 e. The minimum absolute atomic E-state index is 0.0237. The fourth-order valence-electron chi connectivity index (χ4n) is 4.73. The van der Waals surface area contributed by atoms with Gasteiger partial charge >= 0.3 is 11.9 Å². The Morgan fingerprint density at radius 1 is 1.41 bits per heavy atom. The lowest BCUT2D eigenvalue weighted by Gasteiger charge is -2.32. The van der Waals surface area contributed by atoms with Crippen molar-refractivity contribution < 1.29 is 32.6 Å². The first-order valence-corrected chi connectivity index (χ1v) is 12.6. The number of nitrogens with one attached hydrogen (secondary N) is 1. The standard InChI is InChI=1S/C24H24ClF3N4O4S/c1-12(7-18(33)34)17-9-24(27,28)11-32(17)10-16-19(23(35)36-2)20(14-4-3-13(26)8-15(14)25)31-21(30-16)22-29-5-6-37-22/h3-6,8,12,17,20H,7,9-11H2,1-2H3,(H,30,31)(H,33,34)/t12?,17-,20+/m1/s1. The van der Waals surface area contributed by atoms with Crippen LogP contribution in [0.3, 0.4) is 0 Å². The Morgan fingerprint density at radius 2 is 2.16 bits per heavy atom. The number of carbonyl (C=O) groups is 2. The Labute approximate surface area is 219 Å². The monoisotopic (exact) mass is 556 g/mol. The number of nitrogens with zero attached hydrogens (tertiary/aromatic N) is 3. The van der Waals surface area contributed by atoms with Crippen LogP contribution in [0, 0.1) is 11.7 Å². The lowest BCUT2D eigenvalue weighted by atomic mass is 9.93. The highest BCUT2D eigenvalue weighted by Crippen LogP contribution is 2.40. The number of methoxy groups -OCH3 is 1. The van der Waals surface area contributed by atoms with Crippen LogP contribution in [0.1, 0.15) is 36.4 Å². The molecule has 0 amide bonds. The number of amidine groups is 1. The third-order valence-corrected chi connectivity index (χ3v) is 7.46. The molecule has 8 nitrogen and oxygen atoms in total. The number of likely N-dealkylation sites (tertiary alicyclic amines) is 1. The molecule has 4 rings (SSSR count). The van der Waals surface area contributed by atoms with Crippen molar-refractivity contribution in [3.63, 3.8) is 0 Å². The van der Waals surface area contributed by atoms with Gasteiger partial charge in [0, 0.05) is 53.3 Å². The molecule has 0 saturated carbocycles. The summed E-state index contributed by atoms with van der Waals surface area (Å²) in [7, 11) is 1.18. The van der Waals surface area contributed by atoms with Crippen molar-refractivity contribution in [2.24, 2.45) is 10.9 Å². The second-order valence-corrected chi connectivity index (χ2v) is 10.3. The molecule has 2 aromatic rings. The molecule has 37 heavy (non-hydrogen) atoms. The van der Waals surface area contributed by atoms with E-state index >= 15 is 0 Å². The molecule has 0 bridgehead atoms. The number of carbonyl (C=O) groups excluding carboxylic acids is 1. The highest BCUT2D eigenvalue weighted by Gasteiger charge is 2.48. The number of ether oxygens (including phenoxy) is 1. The predicted molar refractivity (Wildman–Crippen MR) is 131 cm³/mol. The van der Waals surface area contributed by atoms with E-state index in [1.807, 2.05) is 0 Å². The van der Waals surface area contributed by atoms with E-state index in [0.717, 1.165) is 6.07 Å². The van der Waals surface area contributed by atoms with Crippen molar-refractivity contribution in [1.29, 1.82) is 0 Å². The highest BCUT2D eigenvalue weighted by atomic mass is 35.5. The molecular weight excluding hydrogens is 533 g/mol. The average molecular weight is 557 g/mol. The number of carboxylic acids is 1. The molecule has 3 atom stereocenters. The summed E-state index contributed by atoms with van der Waals surface area (Å²) in [6.07, 6.45) is 0.768. The zero-order valence-corrected chi connectivity index (χ0v) is 21.5. The molecule has 2 aliphatic heterocycles. The summed E-state index contributed by atoms with van der Waals surface area (Å²) in [5, 5.41) is 14.5. The molecule has 0 spiro atoms. The molecule has 2 aliphatic rings. The quantitative estimate of drug-likeness (QED) is 0.468. The van der Waals surface area contributed by atoms with Gasteiger partial charge in [0.15, 0.2) is 10.8 Å². The van der Waals surface area contributed by atoms with Crippen LogP contribution >= 0.6 is 22.9 Å². The summed E-state index contributed by atoms with van der Waals surface area (Å²) in [4.78, 5) is 34.7. The Kier molecular flexibility index (Phi) is 7.91. The van der Waals surface area contributed by atoms with E-state index in [1.54, 1.807) is 18.5 Å². The van der Waals surface area contributed by atoms with Crippen LogP contribution in [0.5, 0.6) is 0 Å². The van der Waals surface area contributed by atoms with Crippen LogP contribution in [0.15, 0.2) is 46.0 Å². The molecule has 0 aliphatic carbocycles. The molecule has 1 aromatic heterocycles. The maximum atomic E-state index is 14.5. The third-order valence-electron chi connectivity index (χ3n) is 6.35. The molecule has 1 aromatic carbocycles. The van der Waals surface area contributed by atoms with Crippen LogP contribution in [0.25, 0.3) is 0 Å². The summed E-state index contributed by atoms with van der Waals surface area (Å²) in [5.74, 6) is -5.77. The van der Waals surface area contributed by atoms with Crippen LogP contribution in [-0.4, -0.2) is 64.9 Å². The number of alkyl halides is 2. The number of rotatable bonds is 8. The number of aromatic nitrogens is 1. The van der Waals surface area contributed by atoms with Gasteiger partial charge in [0.2, 0.25) is 0 Å². The Hall–Kier alpha value is -2.96. The molecular formula is C24H24ClF3N4O4S. The first-order chi connectivity index (χ1) is 17.5. The van der Waals surface area contributed by atoms with Gasteiger partial charge in [-0.15, -0.1) is 11.3 Å². The van der Waals surface area contributed by atoms with Crippen molar-refractivity contribution in [3.8, 4) is 0 Å². The number of esters is 1. The zero-order chi connectivity index (χ0) is 26.9. The van der Waals surface area contributed by atoms with Gasteiger partial charge in [-0.3, -0.25) is 14.7 Å². The van der Waals surface area contributed by atoms with E-state index in [1.165, 1.54) is 35.5 Å². The SMILES string of the molecule is COC(=O)C1=C(CN2CC(F)(F)C[C@@H]2C(C)CC(=O)O)NC(c2nccs2)=N[C@H]1c1ccc(F)cc1Cl. The second-order valence-electron chi connectivity index (χ2n) is 9.00. The number of hydrogen-bond acceptors (Lipinski definition) is 8. The lowest BCUT2D eigenvalue weighted by molar-refractivity contribution is -0.138. The third kappa shape index (κ3) is 5.97. The van der Waals surface area contributed by atoms with E-state index in [0.29, 0.717) is 10.6 Å². The van der Waals surface area contributed by atoms with Gasteiger partial charge < -0.3 is 15.2 Å². The fourth-order valence-corrected chi connectivity index (χ4v) is 5.59. The van der Waals surface area contributed by atoms with E-state index in [4.69, 9.17) is 16.3 Å². The van der Waals surface area contributed by atoms with Crippen molar-refractivity contribution in [2.75, 3.05) is 20.2 Å². The normalized spacial score (nSPS) is 22.4. The summed E-state index contributed by atoms with van der Waals surface area (Å²) in [5.41, 5.74) is 0.581. The average Bonchev–Trinajstić information content (AvgIpc) is 3.45. The number of hydrogen-bond donors (Lipinski definition) is 2. The van der Waals surface area contributed by atoms with Gasteiger partial charge in [0.1, 0.15) is 11.9 Å². The summed E-state index contributed by atoms with van der Waals surface area (Å²) in [6, 6.07) is 1.89. The molecule has 3 heterocycles. The lowest BCUT2D eigenvalue weighted by Crippen LogP contribution is -2.43.